The maximum atomic E-state index is 11.5. The van der Waals surface area contributed by atoms with Gasteiger partial charge >= 0.3 is 0 Å². The minimum absolute atomic E-state index is 0. The molecule has 136 valence electrons. The number of thiazole rings is 1. The minimum atomic E-state index is -0.491. The lowest BCUT2D eigenvalue weighted by molar-refractivity contribution is 0.100. The second-order valence-corrected chi connectivity index (χ2v) is 6.50. The molecule has 2 heterocycles. The lowest BCUT2D eigenvalue weighted by atomic mass is 10.1. The number of hydrogen-bond acceptors (Lipinski definition) is 6. The number of carbonyl (C=O) groups excluding carboxylic acids is 1. The standard InChI is InChI=1S/C18H18N4O2S.BrH/c1-11(2)24-16-6-5-12(17(19)23)8-14(16)21-18-22-15(10-25-18)13-4-3-7-20-9-13;/h3-11H,1-2H3,(H2,19,23)(H,21,22);1H. The summed E-state index contributed by atoms with van der Waals surface area (Å²) in [5.41, 5.74) is 8.21. The van der Waals surface area contributed by atoms with Gasteiger partial charge in [0.2, 0.25) is 5.91 Å². The summed E-state index contributed by atoms with van der Waals surface area (Å²) >= 11 is 1.46. The van der Waals surface area contributed by atoms with Crippen molar-refractivity contribution >= 4 is 45.0 Å². The van der Waals surface area contributed by atoms with Gasteiger partial charge in [-0.15, -0.1) is 28.3 Å². The Balaban J connectivity index is 0.00000243. The topological polar surface area (TPSA) is 90.1 Å². The summed E-state index contributed by atoms with van der Waals surface area (Å²) in [6.45, 7) is 3.88. The van der Waals surface area contributed by atoms with Gasteiger partial charge in [-0.3, -0.25) is 9.78 Å². The summed E-state index contributed by atoms with van der Waals surface area (Å²) in [4.78, 5) is 20.1. The van der Waals surface area contributed by atoms with E-state index in [2.05, 4.69) is 15.3 Å². The molecule has 2 aromatic heterocycles. The molecule has 0 bridgehead atoms. The number of nitrogens with two attached hydrogens (primary N) is 1. The van der Waals surface area contributed by atoms with Crippen molar-refractivity contribution in [3.63, 3.8) is 0 Å². The number of nitrogens with zero attached hydrogens (tertiary/aromatic N) is 2. The van der Waals surface area contributed by atoms with E-state index in [0.29, 0.717) is 22.1 Å². The van der Waals surface area contributed by atoms with Gasteiger partial charge in [0.1, 0.15) is 5.75 Å². The number of ether oxygens (including phenoxy) is 1. The smallest absolute Gasteiger partial charge is 0.248 e. The van der Waals surface area contributed by atoms with Crippen LogP contribution >= 0.6 is 28.3 Å². The van der Waals surface area contributed by atoms with Crippen LogP contribution in [0.1, 0.15) is 24.2 Å². The first-order valence-electron chi connectivity index (χ1n) is 7.76. The molecule has 0 spiro atoms. The Bertz CT molecular complexity index is 884. The predicted molar refractivity (Wildman–Crippen MR) is 110 cm³/mol. The largest absolute Gasteiger partial charge is 0.489 e. The zero-order chi connectivity index (χ0) is 17.8. The number of hydrogen-bond donors (Lipinski definition) is 2. The van der Waals surface area contributed by atoms with Gasteiger partial charge in [-0.05, 0) is 44.2 Å². The number of pyridine rings is 1. The van der Waals surface area contributed by atoms with Gasteiger partial charge < -0.3 is 15.8 Å². The number of amides is 1. The van der Waals surface area contributed by atoms with E-state index in [-0.39, 0.29) is 23.1 Å². The quantitative estimate of drug-likeness (QED) is 0.599. The van der Waals surface area contributed by atoms with Crippen LogP contribution in [0.15, 0.2) is 48.1 Å². The van der Waals surface area contributed by atoms with Crippen LogP contribution in [0.4, 0.5) is 10.8 Å². The molecule has 3 aromatic rings. The number of carbonyl (C=O) groups is 1. The number of anilines is 2. The molecule has 3 rings (SSSR count). The van der Waals surface area contributed by atoms with Crippen molar-refractivity contribution in [3.05, 3.63) is 53.7 Å². The molecule has 26 heavy (non-hydrogen) atoms. The van der Waals surface area contributed by atoms with E-state index in [9.17, 15) is 4.79 Å². The lowest BCUT2D eigenvalue weighted by Gasteiger charge is -2.15. The summed E-state index contributed by atoms with van der Waals surface area (Å²) in [5.74, 6) is 0.146. The van der Waals surface area contributed by atoms with Crippen LogP contribution in [0.5, 0.6) is 5.75 Å². The van der Waals surface area contributed by atoms with Crippen LogP contribution in [-0.4, -0.2) is 22.0 Å². The minimum Gasteiger partial charge on any atom is -0.489 e. The second-order valence-electron chi connectivity index (χ2n) is 5.65. The van der Waals surface area contributed by atoms with Crippen molar-refractivity contribution in [3.8, 4) is 17.0 Å². The van der Waals surface area contributed by atoms with Crippen molar-refractivity contribution < 1.29 is 9.53 Å². The molecule has 0 aliphatic rings. The van der Waals surface area contributed by atoms with Crippen molar-refractivity contribution in [2.75, 3.05) is 5.32 Å². The van der Waals surface area contributed by atoms with Crippen molar-refractivity contribution in [2.24, 2.45) is 5.73 Å². The highest BCUT2D eigenvalue weighted by Crippen LogP contribution is 2.32. The SMILES string of the molecule is Br.CC(C)Oc1ccc(C(N)=O)cc1Nc1nc(-c2cccnc2)cs1. The number of benzene rings is 1. The molecular weight excluding hydrogens is 416 g/mol. The van der Waals surface area contributed by atoms with Crippen molar-refractivity contribution in [2.45, 2.75) is 20.0 Å². The van der Waals surface area contributed by atoms with Crippen LogP contribution in [-0.2, 0) is 0 Å². The normalized spacial score (nSPS) is 10.3. The lowest BCUT2D eigenvalue weighted by Crippen LogP contribution is -2.12. The van der Waals surface area contributed by atoms with Gasteiger partial charge in [-0.25, -0.2) is 4.98 Å². The molecule has 1 aromatic carbocycles. The molecule has 8 heteroatoms. The molecule has 0 aliphatic heterocycles. The molecule has 0 saturated heterocycles. The number of aromatic nitrogens is 2. The monoisotopic (exact) mass is 434 g/mol. The summed E-state index contributed by atoms with van der Waals surface area (Å²) in [5, 5.41) is 5.85. The van der Waals surface area contributed by atoms with Crippen LogP contribution in [0.2, 0.25) is 0 Å². The average molecular weight is 435 g/mol. The molecule has 6 nitrogen and oxygen atoms in total. The molecule has 0 atom stereocenters. The average Bonchev–Trinajstić information content (AvgIpc) is 3.05. The highest BCUT2D eigenvalue weighted by molar-refractivity contribution is 8.93. The number of rotatable bonds is 6. The molecule has 3 N–H and O–H groups in total. The highest BCUT2D eigenvalue weighted by atomic mass is 79.9. The summed E-state index contributed by atoms with van der Waals surface area (Å²) in [6.07, 6.45) is 3.49. The summed E-state index contributed by atoms with van der Waals surface area (Å²) in [7, 11) is 0. The van der Waals surface area contributed by atoms with Gasteiger partial charge in [0.15, 0.2) is 5.13 Å². The highest BCUT2D eigenvalue weighted by Gasteiger charge is 2.12. The second kappa shape index (κ2) is 8.77. The molecule has 0 radical (unpaired) electrons. The fraction of sp³-hybridized carbons (Fsp3) is 0.167. The molecule has 0 fully saturated rings. The van der Waals surface area contributed by atoms with E-state index in [1.54, 1.807) is 30.6 Å². The number of halogens is 1. The third-order valence-corrected chi connectivity index (χ3v) is 4.09. The summed E-state index contributed by atoms with van der Waals surface area (Å²) < 4.78 is 5.80. The first-order valence-corrected chi connectivity index (χ1v) is 8.64. The first kappa shape index (κ1) is 19.9. The maximum Gasteiger partial charge on any atom is 0.248 e. The van der Waals surface area contributed by atoms with Crippen LogP contribution < -0.4 is 15.8 Å². The Morgan fingerprint density at radius 2 is 2.12 bits per heavy atom. The fourth-order valence-electron chi connectivity index (χ4n) is 2.23. The Hall–Kier alpha value is -2.45. The van der Waals surface area contributed by atoms with E-state index in [4.69, 9.17) is 10.5 Å². The van der Waals surface area contributed by atoms with Gasteiger partial charge in [0.05, 0.1) is 17.5 Å². The predicted octanol–water partition coefficient (Wildman–Crippen LogP) is 4.41. The van der Waals surface area contributed by atoms with Crippen molar-refractivity contribution in [1.82, 2.24) is 9.97 Å². The Morgan fingerprint density at radius 1 is 1.31 bits per heavy atom. The number of primary amides is 1. The fourth-order valence-corrected chi connectivity index (χ4v) is 2.96. The third kappa shape index (κ3) is 4.80. The molecular formula is C18H19BrN4O2S. The van der Waals surface area contributed by atoms with E-state index in [1.165, 1.54) is 11.3 Å². The van der Waals surface area contributed by atoms with E-state index in [1.807, 2.05) is 31.4 Å². The molecule has 0 saturated carbocycles. The van der Waals surface area contributed by atoms with E-state index >= 15 is 0 Å². The molecule has 0 aliphatic carbocycles. The van der Waals surface area contributed by atoms with Gasteiger partial charge in [-0.2, -0.15) is 0 Å². The number of nitrogens with one attached hydrogen (secondary N) is 1. The molecule has 1 amide bonds. The third-order valence-electron chi connectivity index (χ3n) is 3.33. The van der Waals surface area contributed by atoms with Gasteiger partial charge in [0.25, 0.3) is 0 Å². The van der Waals surface area contributed by atoms with Crippen molar-refractivity contribution in [1.29, 1.82) is 0 Å². The first-order chi connectivity index (χ1) is 12.0. The summed E-state index contributed by atoms with van der Waals surface area (Å²) in [6, 6.07) is 8.87. The van der Waals surface area contributed by atoms with Crippen LogP contribution in [0.3, 0.4) is 0 Å². The van der Waals surface area contributed by atoms with Gasteiger partial charge in [0, 0.05) is 28.9 Å². The molecule has 0 unspecified atom stereocenters. The Labute approximate surface area is 166 Å². The van der Waals surface area contributed by atoms with Crippen LogP contribution in [0.25, 0.3) is 11.3 Å². The van der Waals surface area contributed by atoms with E-state index in [0.717, 1.165) is 11.3 Å². The zero-order valence-corrected chi connectivity index (χ0v) is 16.8. The van der Waals surface area contributed by atoms with Crippen LogP contribution in [0, 0.1) is 0 Å². The Morgan fingerprint density at radius 3 is 2.77 bits per heavy atom. The zero-order valence-electron chi connectivity index (χ0n) is 14.3. The Kier molecular flexibility index (Phi) is 6.70. The maximum absolute atomic E-state index is 11.5. The van der Waals surface area contributed by atoms with Gasteiger partial charge in [-0.1, -0.05) is 0 Å². The van der Waals surface area contributed by atoms with E-state index < -0.39 is 5.91 Å².